The third-order valence-electron chi connectivity index (χ3n) is 5.37. The molecule has 2 aromatic heterocycles. The van der Waals surface area contributed by atoms with Crippen molar-refractivity contribution in [2.24, 2.45) is 0 Å². The number of sulfone groups is 1. The third-order valence-corrected chi connectivity index (χ3v) is 7.54. The summed E-state index contributed by atoms with van der Waals surface area (Å²) in [5.74, 6) is 0.0402. The summed E-state index contributed by atoms with van der Waals surface area (Å²) < 4.78 is 102. The Morgan fingerprint density at radius 1 is 0.969 bits per heavy atom. The molecular formula is C20H15F6N3O2S. The lowest BCUT2D eigenvalue weighted by Gasteiger charge is -2.33. The van der Waals surface area contributed by atoms with Gasteiger partial charge in [0.05, 0.1) is 21.4 Å². The minimum absolute atomic E-state index is 0.175. The summed E-state index contributed by atoms with van der Waals surface area (Å²) in [6.45, 7) is 0. The highest BCUT2D eigenvalue weighted by Crippen LogP contribution is 2.43. The number of aromatic nitrogens is 3. The molecule has 0 radical (unpaired) electrons. The molecule has 170 valence electrons. The smallest absolute Gasteiger partial charge is 0.344 e. The molecule has 0 spiro atoms. The topological polar surface area (TPSA) is 75.7 Å². The highest BCUT2D eigenvalue weighted by Gasteiger charge is 2.42. The first kappa shape index (κ1) is 22.3. The number of imidazole rings is 1. The van der Waals surface area contributed by atoms with Gasteiger partial charge in [-0.3, -0.25) is 4.98 Å². The molecule has 1 N–H and O–H groups in total. The van der Waals surface area contributed by atoms with E-state index in [1.165, 1.54) is 12.3 Å². The average Bonchev–Trinajstić information content (AvgIpc) is 3.15. The van der Waals surface area contributed by atoms with Crippen LogP contribution in [0, 0.1) is 0 Å². The Hall–Kier alpha value is -2.89. The number of hydrogen-bond acceptors (Lipinski definition) is 4. The van der Waals surface area contributed by atoms with E-state index >= 15 is 0 Å². The van der Waals surface area contributed by atoms with Crippen LogP contribution in [0.15, 0.2) is 53.7 Å². The lowest BCUT2D eigenvalue weighted by Crippen LogP contribution is -2.35. The van der Waals surface area contributed by atoms with Gasteiger partial charge in [0.2, 0.25) is 0 Å². The van der Waals surface area contributed by atoms with Gasteiger partial charge in [0.25, 0.3) is 0 Å². The fourth-order valence-corrected chi connectivity index (χ4v) is 5.41. The van der Waals surface area contributed by atoms with Crippen LogP contribution in [0.5, 0.6) is 0 Å². The van der Waals surface area contributed by atoms with Gasteiger partial charge in [-0.1, -0.05) is 6.07 Å². The Morgan fingerprint density at radius 2 is 1.69 bits per heavy atom. The maximum absolute atomic E-state index is 12.9. The molecule has 1 saturated carbocycles. The molecule has 32 heavy (non-hydrogen) atoms. The highest BCUT2D eigenvalue weighted by atomic mass is 32.2. The van der Waals surface area contributed by atoms with Crippen LogP contribution in [0.2, 0.25) is 0 Å². The van der Waals surface area contributed by atoms with Gasteiger partial charge in [-0.2, -0.15) is 26.3 Å². The predicted molar refractivity (Wildman–Crippen MR) is 101 cm³/mol. The molecule has 0 saturated heterocycles. The molecule has 2 heterocycles. The molecule has 0 atom stereocenters. The molecule has 12 heteroatoms. The molecule has 4 rings (SSSR count). The van der Waals surface area contributed by atoms with Crippen molar-refractivity contribution >= 4 is 9.84 Å². The fourth-order valence-electron chi connectivity index (χ4n) is 3.50. The Kier molecular flexibility index (Phi) is 5.30. The second-order valence-corrected chi connectivity index (χ2v) is 9.69. The van der Waals surface area contributed by atoms with E-state index in [1.807, 2.05) is 0 Å². The van der Waals surface area contributed by atoms with Crippen LogP contribution in [0.3, 0.4) is 0 Å². The van der Waals surface area contributed by atoms with Gasteiger partial charge in [-0.15, -0.1) is 0 Å². The maximum Gasteiger partial charge on any atom is 0.433 e. The van der Waals surface area contributed by atoms with E-state index in [4.69, 9.17) is 0 Å². The molecule has 0 aliphatic heterocycles. The lowest BCUT2D eigenvalue weighted by atomic mass is 9.82. The largest absolute Gasteiger partial charge is 0.433 e. The maximum atomic E-state index is 12.9. The van der Waals surface area contributed by atoms with Gasteiger partial charge in [-0.25, -0.2) is 13.4 Å². The standard InChI is InChI=1S/C20H15F6N3O2S/c21-19(22,23)13-2-1-3-14(8-13)32(30,31)15-6-12(7-15)16-10-28-18(29-16)11-4-5-17(27-9-11)20(24,25)26/h1-5,8-10,12,15H,6-7H2,(H,28,29)/t12-,15-. The van der Waals surface area contributed by atoms with Gasteiger partial charge in [0.15, 0.2) is 9.84 Å². The molecular weight excluding hydrogens is 460 g/mol. The fraction of sp³-hybridized carbons (Fsp3) is 0.300. The minimum atomic E-state index is -4.65. The van der Waals surface area contributed by atoms with Gasteiger partial charge >= 0.3 is 12.4 Å². The Morgan fingerprint density at radius 3 is 2.28 bits per heavy atom. The molecule has 1 aliphatic rings. The predicted octanol–water partition coefficient (Wildman–Crippen LogP) is 5.23. The van der Waals surface area contributed by atoms with E-state index in [-0.39, 0.29) is 29.5 Å². The Balaban J connectivity index is 1.46. The quantitative estimate of drug-likeness (QED) is 0.525. The lowest BCUT2D eigenvalue weighted by molar-refractivity contribution is -0.141. The van der Waals surface area contributed by atoms with Gasteiger partial charge in [0.1, 0.15) is 11.5 Å². The number of pyridine rings is 1. The number of nitrogens with one attached hydrogen (secondary N) is 1. The zero-order valence-corrected chi connectivity index (χ0v) is 16.9. The number of alkyl halides is 6. The Labute approximate surface area is 178 Å². The summed E-state index contributed by atoms with van der Waals surface area (Å²) in [7, 11) is -3.94. The zero-order chi connectivity index (χ0) is 23.3. The van der Waals surface area contributed by atoms with Crippen LogP contribution in [-0.4, -0.2) is 28.6 Å². The second kappa shape index (κ2) is 7.61. The molecule has 0 unspecified atom stereocenters. The van der Waals surface area contributed by atoms with Crippen LogP contribution in [0.4, 0.5) is 26.3 Å². The second-order valence-electron chi connectivity index (χ2n) is 7.46. The van der Waals surface area contributed by atoms with Crippen LogP contribution in [-0.2, 0) is 22.2 Å². The summed E-state index contributed by atoms with van der Waals surface area (Å²) in [6.07, 6.45) is -6.29. The summed E-state index contributed by atoms with van der Waals surface area (Å²) in [5, 5.41) is -0.844. The summed E-state index contributed by atoms with van der Waals surface area (Å²) >= 11 is 0. The van der Waals surface area contributed by atoms with Crippen LogP contribution < -0.4 is 0 Å². The first-order valence-electron chi connectivity index (χ1n) is 9.36. The van der Waals surface area contributed by atoms with Crippen molar-refractivity contribution in [2.75, 3.05) is 0 Å². The van der Waals surface area contributed by atoms with Crippen molar-refractivity contribution < 1.29 is 34.8 Å². The van der Waals surface area contributed by atoms with E-state index in [0.29, 0.717) is 17.3 Å². The number of rotatable bonds is 4. The van der Waals surface area contributed by atoms with E-state index in [1.54, 1.807) is 0 Å². The van der Waals surface area contributed by atoms with E-state index < -0.39 is 38.7 Å². The van der Waals surface area contributed by atoms with E-state index in [2.05, 4.69) is 15.0 Å². The SMILES string of the molecule is O=S(=O)(c1cccc(C(F)(F)F)c1)[C@H]1C[C@H](c2c[nH]c(-c3ccc(C(F)(F)F)nc3)n2)C1. The molecule has 1 fully saturated rings. The summed E-state index contributed by atoms with van der Waals surface area (Å²) in [6, 6.07) is 5.70. The summed E-state index contributed by atoms with van der Waals surface area (Å²) in [5.41, 5.74) is -1.21. The number of H-pyrrole nitrogens is 1. The number of halogens is 6. The van der Waals surface area contributed by atoms with Gasteiger partial charge in [0, 0.05) is 23.9 Å². The number of hydrogen-bond donors (Lipinski definition) is 1. The number of benzene rings is 1. The van der Waals surface area contributed by atoms with E-state index in [9.17, 15) is 34.8 Å². The van der Waals surface area contributed by atoms with Crippen molar-refractivity contribution in [3.63, 3.8) is 0 Å². The molecule has 0 bridgehead atoms. The van der Waals surface area contributed by atoms with Crippen molar-refractivity contribution in [2.45, 2.75) is 41.3 Å². The molecule has 3 aromatic rings. The number of nitrogens with zero attached hydrogens (tertiary/aromatic N) is 2. The monoisotopic (exact) mass is 475 g/mol. The van der Waals surface area contributed by atoms with Crippen LogP contribution in [0.1, 0.15) is 35.7 Å². The van der Waals surface area contributed by atoms with Crippen LogP contribution in [0.25, 0.3) is 11.4 Å². The summed E-state index contributed by atoms with van der Waals surface area (Å²) in [4.78, 5) is 10.1. The first-order valence-corrected chi connectivity index (χ1v) is 10.9. The molecule has 1 aliphatic carbocycles. The molecule has 0 amide bonds. The van der Waals surface area contributed by atoms with Crippen molar-refractivity contribution in [3.8, 4) is 11.4 Å². The Bertz CT molecular complexity index is 1230. The van der Waals surface area contributed by atoms with Crippen molar-refractivity contribution in [3.05, 3.63) is 65.7 Å². The van der Waals surface area contributed by atoms with Gasteiger partial charge < -0.3 is 4.98 Å². The van der Waals surface area contributed by atoms with Crippen molar-refractivity contribution in [1.29, 1.82) is 0 Å². The van der Waals surface area contributed by atoms with Gasteiger partial charge in [-0.05, 0) is 43.2 Å². The first-order chi connectivity index (χ1) is 14.9. The normalized spacial score (nSPS) is 19.6. The van der Waals surface area contributed by atoms with E-state index in [0.717, 1.165) is 30.5 Å². The number of aromatic amines is 1. The molecule has 5 nitrogen and oxygen atoms in total. The zero-order valence-electron chi connectivity index (χ0n) is 16.1. The average molecular weight is 475 g/mol. The van der Waals surface area contributed by atoms with Crippen LogP contribution >= 0.6 is 0 Å². The van der Waals surface area contributed by atoms with Crippen molar-refractivity contribution in [1.82, 2.24) is 15.0 Å². The molecule has 1 aromatic carbocycles. The third kappa shape index (κ3) is 4.23. The minimum Gasteiger partial charge on any atom is -0.344 e. The highest BCUT2D eigenvalue weighted by molar-refractivity contribution is 7.92.